The molecule has 0 aliphatic heterocycles. The van der Waals surface area contributed by atoms with Crippen molar-refractivity contribution in [1.29, 1.82) is 0 Å². The molecule has 0 fully saturated rings. The highest BCUT2D eigenvalue weighted by atomic mass is 35.5. The number of carbonyl (C=O) groups is 1. The summed E-state index contributed by atoms with van der Waals surface area (Å²) < 4.78 is 0. The third kappa shape index (κ3) is 2.88. The van der Waals surface area contributed by atoms with Crippen LogP contribution in [0.5, 0.6) is 5.75 Å². The molecule has 0 atom stereocenters. The first kappa shape index (κ1) is 12.2. The molecule has 0 aliphatic carbocycles. The van der Waals surface area contributed by atoms with Crippen molar-refractivity contribution >= 4 is 29.8 Å². The average molecular weight is 222 g/mol. The van der Waals surface area contributed by atoms with Gasteiger partial charge in [-0.3, -0.25) is 4.79 Å². The van der Waals surface area contributed by atoms with Crippen LogP contribution in [0.2, 0.25) is 5.02 Å². The fourth-order valence-corrected chi connectivity index (χ4v) is 1.12. The molecule has 3 N–H and O–H groups in total. The Hall–Kier alpha value is -0.770. The van der Waals surface area contributed by atoms with E-state index in [-0.39, 0.29) is 35.5 Å². The summed E-state index contributed by atoms with van der Waals surface area (Å²) in [6, 6.07) is 4.16. The van der Waals surface area contributed by atoms with Crippen molar-refractivity contribution in [3.63, 3.8) is 0 Å². The number of Topliss-reactive ketones (excluding diaryl/α,β-unsaturated/α-hetero) is 1. The van der Waals surface area contributed by atoms with Gasteiger partial charge in [0.15, 0.2) is 5.78 Å². The number of phenols is 1. The van der Waals surface area contributed by atoms with E-state index in [0.717, 1.165) is 0 Å². The molecule has 5 heteroatoms. The highest BCUT2D eigenvalue weighted by molar-refractivity contribution is 6.34. The van der Waals surface area contributed by atoms with Gasteiger partial charge in [0.1, 0.15) is 5.75 Å². The van der Waals surface area contributed by atoms with Gasteiger partial charge in [0.25, 0.3) is 0 Å². The van der Waals surface area contributed by atoms with Crippen LogP contribution in [0.4, 0.5) is 0 Å². The molecule has 0 spiro atoms. The summed E-state index contributed by atoms with van der Waals surface area (Å²) in [7, 11) is 0. The molecule has 0 amide bonds. The van der Waals surface area contributed by atoms with Crippen LogP contribution in [0.15, 0.2) is 18.2 Å². The summed E-state index contributed by atoms with van der Waals surface area (Å²) >= 11 is 5.67. The third-order valence-electron chi connectivity index (χ3n) is 1.44. The number of benzene rings is 1. The molecule has 0 radical (unpaired) electrons. The molecule has 1 aromatic carbocycles. The summed E-state index contributed by atoms with van der Waals surface area (Å²) in [4.78, 5) is 11.1. The highest BCUT2D eigenvalue weighted by Crippen LogP contribution is 2.21. The molecule has 1 rings (SSSR count). The van der Waals surface area contributed by atoms with E-state index >= 15 is 0 Å². The van der Waals surface area contributed by atoms with Gasteiger partial charge in [-0.25, -0.2) is 0 Å². The predicted molar refractivity (Wildman–Crippen MR) is 53.7 cm³/mol. The Labute approximate surface area is 86.9 Å². The maximum Gasteiger partial charge on any atom is 0.177 e. The Kier molecular flexibility index (Phi) is 4.77. The summed E-state index contributed by atoms with van der Waals surface area (Å²) in [5.41, 5.74) is 5.48. The fraction of sp³-hybridized carbons (Fsp3) is 0.125. The second-order valence-electron chi connectivity index (χ2n) is 2.29. The van der Waals surface area contributed by atoms with Gasteiger partial charge in [-0.1, -0.05) is 11.6 Å². The number of ketones is 1. The Morgan fingerprint density at radius 2 is 2.15 bits per heavy atom. The molecule has 0 aromatic heterocycles. The van der Waals surface area contributed by atoms with E-state index < -0.39 is 0 Å². The smallest absolute Gasteiger partial charge is 0.177 e. The Bertz CT molecular complexity index is 315. The molecule has 0 heterocycles. The SMILES string of the molecule is Cl.NCC(=O)c1ccc(O)cc1Cl. The molecule has 0 saturated carbocycles. The number of aromatic hydroxyl groups is 1. The lowest BCUT2D eigenvalue weighted by atomic mass is 10.1. The number of phenolic OH excluding ortho intramolecular Hbond substituents is 1. The molecular formula is C8H9Cl2NO2. The van der Waals surface area contributed by atoms with E-state index in [1.807, 2.05) is 0 Å². The van der Waals surface area contributed by atoms with Crippen LogP contribution in [-0.2, 0) is 0 Å². The number of carbonyl (C=O) groups excluding carboxylic acids is 1. The van der Waals surface area contributed by atoms with Crippen molar-refractivity contribution in [2.24, 2.45) is 5.73 Å². The summed E-state index contributed by atoms with van der Waals surface area (Å²) in [5.74, 6) is -0.200. The van der Waals surface area contributed by atoms with Gasteiger partial charge in [0, 0.05) is 5.56 Å². The molecule has 0 saturated heterocycles. The van der Waals surface area contributed by atoms with Gasteiger partial charge in [-0.15, -0.1) is 12.4 Å². The Morgan fingerprint density at radius 3 is 2.62 bits per heavy atom. The van der Waals surface area contributed by atoms with Crippen LogP contribution in [0.1, 0.15) is 10.4 Å². The van der Waals surface area contributed by atoms with Crippen LogP contribution in [0, 0.1) is 0 Å². The second kappa shape index (κ2) is 5.07. The number of hydrogen-bond acceptors (Lipinski definition) is 3. The van der Waals surface area contributed by atoms with Crippen molar-refractivity contribution in [1.82, 2.24) is 0 Å². The zero-order valence-corrected chi connectivity index (χ0v) is 8.23. The lowest BCUT2D eigenvalue weighted by Gasteiger charge is -2.00. The molecule has 3 nitrogen and oxygen atoms in total. The largest absolute Gasteiger partial charge is 0.508 e. The van der Waals surface area contributed by atoms with E-state index in [1.54, 1.807) is 0 Å². The van der Waals surface area contributed by atoms with Crippen molar-refractivity contribution in [2.45, 2.75) is 0 Å². The Morgan fingerprint density at radius 1 is 1.54 bits per heavy atom. The number of nitrogens with two attached hydrogens (primary N) is 1. The van der Waals surface area contributed by atoms with Crippen molar-refractivity contribution in [2.75, 3.05) is 6.54 Å². The van der Waals surface area contributed by atoms with Crippen LogP contribution < -0.4 is 5.73 Å². The van der Waals surface area contributed by atoms with Crippen LogP contribution in [0.25, 0.3) is 0 Å². The molecule has 13 heavy (non-hydrogen) atoms. The zero-order valence-electron chi connectivity index (χ0n) is 6.66. The number of hydrogen-bond donors (Lipinski definition) is 2. The molecule has 0 aliphatic rings. The van der Waals surface area contributed by atoms with Gasteiger partial charge in [0.05, 0.1) is 11.6 Å². The Balaban J connectivity index is 0.00000144. The monoisotopic (exact) mass is 221 g/mol. The minimum Gasteiger partial charge on any atom is -0.508 e. The highest BCUT2D eigenvalue weighted by Gasteiger charge is 2.08. The maximum absolute atomic E-state index is 11.1. The average Bonchev–Trinajstić information content (AvgIpc) is 2.03. The first-order valence-corrected chi connectivity index (χ1v) is 3.74. The summed E-state index contributed by atoms with van der Waals surface area (Å²) in [6.07, 6.45) is 0. The molecular weight excluding hydrogens is 213 g/mol. The molecule has 0 unspecified atom stereocenters. The van der Waals surface area contributed by atoms with Crippen LogP contribution >= 0.6 is 24.0 Å². The molecule has 72 valence electrons. The first-order chi connectivity index (χ1) is 5.65. The minimum absolute atomic E-state index is 0. The molecule has 1 aromatic rings. The van der Waals surface area contributed by atoms with E-state index in [0.29, 0.717) is 5.56 Å². The maximum atomic E-state index is 11.1. The van der Waals surface area contributed by atoms with Gasteiger partial charge in [-0.2, -0.15) is 0 Å². The summed E-state index contributed by atoms with van der Waals surface area (Å²) in [6.45, 7) is -0.0789. The fourth-order valence-electron chi connectivity index (χ4n) is 0.840. The number of rotatable bonds is 2. The van der Waals surface area contributed by atoms with Gasteiger partial charge in [-0.05, 0) is 18.2 Å². The third-order valence-corrected chi connectivity index (χ3v) is 1.75. The quantitative estimate of drug-likeness (QED) is 0.747. The summed E-state index contributed by atoms with van der Waals surface area (Å²) in [5, 5.41) is 9.19. The lowest BCUT2D eigenvalue weighted by molar-refractivity contribution is 0.100. The minimum atomic E-state index is -0.236. The lowest BCUT2D eigenvalue weighted by Crippen LogP contribution is -2.13. The number of halogens is 2. The van der Waals surface area contributed by atoms with Crippen molar-refractivity contribution < 1.29 is 9.90 Å². The van der Waals surface area contributed by atoms with Gasteiger partial charge < -0.3 is 10.8 Å². The van der Waals surface area contributed by atoms with E-state index in [1.165, 1.54) is 18.2 Å². The topological polar surface area (TPSA) is 63.3 Å². The predicted octanol–water partition coefficient (Wildman–Crippen LogP) is 1.61. The van der Waals surface area contributed by atoms with Crippen LogP contribution in [0.3, 0.4) is 0 Å². The first-order valence-electron chi connectivity index (χ1n) is 3.37. The zero-order chi connectivity index (χ0) is 9.14. The normalized spacial score (nSPS) is 9.08. The van der Waals surface area contributed by atoms with Crippen molar-refractivity contribution in [3.05, 3.63) is 28.8 Å². The van der Waals surface area contributed by atoms with E-state index in [4.69, 9.17) is 22.4 Å². The second-order valence-corrected chi connectivity index (χ2v) is 2.70. The van der Waals surface area contributed by atoms with Crippen LogP contribution in [-0.4, -0.2) is 17.4 Å². The van der Waals surface area contributed by atoms with E-state index in [9.17, 15) is 4.79 Å². The standard InChI is InChI=1S/C8H8ClNO2.ClH/c9-7-3-5(11)1-2-6(7)8(12)4-10;/h1-3,11H,4,10H2;1H. The van der Waals surface area contributed by atoms with Crippen molar-refractivity contribution in [3.8, 4) is 5.75 Å². The van der Waals surface area contributed by atoms with Gasteiger partial charge >= 0.3 is 0 Å². The van der Waals surface area contributed by atoms with Gasteiger partial charge in [0.2, 0.25) is 0 Å². The van der Waals surface area contributed by atoms with E-state index in [2.05, 4.69) is 0 Å². The molecule has 0 bridgehead atoms.